The number of carboxylic acids is 1. The van der Waals surface area contributed by atoms with Gasteiger partial charge >= 0.3 is 5.97 Å². The number of carbonyl (C=O) groups is 1. The van der Waals surface area contributed by atoms with Gasteiger partial charge in [0.2, 0.25) is 10.0 Å². The molecule has 0 unspecified atom stereocenters. The Morgan fingerprint density at radius 2 is 2.05 bits per heavy atom. The molecule has 106 valence electrons. The molecule has 0 fully saturated rings. The molecule has 0 saturated heterocycles. The Bertz CT molecular complexity index is 561. The van der Waals surface area contributed by atoms with Crippen molar-refractivity contribution in [2.24, 2.45) is 0 Å². The number of hydrogen-bond donors (Lipinski definition) is 2. The summed E-state index contributed by atoms with van der Waals surface area (Å²) in [4.78, 5) is 10.3. The SMILES string of the molecule is O=C(O)COCCNS(=O)(=O)c1ccc(Br)cc1Br. The van der Waals surface area contributed by atoms with Crippen LogP contribution in [0.5, 0.6) is 0 Å². The van der Waals surface area contributed by atoms with E-state index in [2.05, 4.69) is 36.6 Å². The third-order valence-electron chi connectivity index (χ3n) is 1.95. The van der Waals surface area contributed by atoms with Crippen LogP contribution < -0.4 is 4.72 Å². The molecule has 0 atom stereocenters. The Morgan fingerprint density at radius 3 is 2.63 bits per heavy atom. The van der Waals surface area contributed by atoms with E-state index in [1.165, 1.54) is 6.07 Å². The molecule has 9 heteroatoms. The van der Waals surface area contributed by atoms with Gasteiger partial charge < -0.3 is 9.84 Å². The maximum absolute atomic E-state index is 11.9. The number of benzene rings is 1. The van der Waals surface area contributed by atoms with Gasteiger partial charge in [-0.3, -0.25) is 0 Å². The molecule has 0 amide bonds. The minimum absolute atomic E-state index is 0.00187. The summed E-state index contributed by atoms with van der Waals surface area (Å²) in [5.41, 5.74) is 0. The van der Waals surface area contributed by atoms with E-state index in [0.717, 1.165) is 4.47 Å². The molecule has 0 bridgehead atoms. The Hall–Kier alpha value is -0.480. The van der Waals surface area contributed by atoms with Crippen LogP contribution in [0.15, 0.2) is 32.0 Å². The summed E-state index contributed by atoms with van der Waals surface area (Å²) < 4.78 is 32.1. The summed E-state index contributed by atoms with van der Waals surface area (Å²) in [6, 6.07) is 4.68. The Morgan fingerprint density at radius 1 is 1.37 bits per heavy atom. The molecular formula is C10H11Br2NO5S. The lowest BCUT2D eigenvalue weighted by Crippen LogP contribution is -2.28. The molecule has 0 aliphatic carbocycles. The first-order valence-corrected chi connectivity index (χ1v) is 8.14. The van der Waals surface area contributed by atoms with Crippen LogP contribution in [0.3, 0.4) is 0 Å². The van der Waals surface area contributed by atoms with E-state index in [1.54, 1.807) is 12.1 Å². The molecule has 19 heavy (non-hydrogen) atoms. The van der Waals surface area contributed by atoms with Crippen molar-refractivity contribution in [3.8, 4) is 0 Å². The minimum atomic E-state index is -3.65. The second kappa shape index (κ2) is 7.34. The number of hydrogen-bond acceptors (Lipinski definition) is 4. The summed E-state index contributed by atoms with van der Waals surface area (Å²) in [7, 11) is -3.65. The first-order valence-electron chi connectivity index (χ1n) is 5.07. The van der Waals surface area contributed by atoms with E-state index in [1.807, 2.05) is 0 Å². The fourth-order valence-corrected chi connectivity index (χ4v) is 3.94. The first kappa shape index (κ1) is 16.6. The third-order valence-corrected chi connectivity index (χ3v) is 4.88. The topological polar surface area (TPSA) is 92.7 Å². The molecule has 2 N–H and O–H groups in total. The van der Waals surface area contributed by atoms with Crippen LogP contribution in [0.2, 0.25) is 0 Å². The molecule has 0 spiro atoms. The number of sulfonamides is 1. The van der Waals surface area contributed by atoms with E-state index < -0.39 is 22.6 Å². The maximum atomic E-state index is 11.9. The zero-order valence-corrected chi connectivity index (χ0v) is 13.6. The molecule has 0 heterocycles. The summed E-state index contributed by atoms with van der Waals surface area (Å²) >= 11 is 6.40. The highest BCUT2D eigenvalue weighted by Crippen LogP contribution is 2.25. The zero-order valence-electron chi connectivity index (χ0n) is 9.60. The number of rotatable bonds is 7. The molecular weight excluding hydrogens is 406 g/mol. The molecule has 0 aliphatic rings. The van der Waals surface area contributed by atoms with Gasteiger partial charge in [-0.25, -0.2) is 17.9 Å². The number of carboxylic acid groups (broad SMARTS) is 1. The molecule has 1 rings (SSSR count). The van der Waals surface area contributed by atoms with Gasteiger partial charge in [0.05, 0.1) is 11.5 Å². The highest BCUT2D eigenvalue weighted by atomic mass is 79.9. The van der Waals surface area contributed by atoms with Crippen molar-refractivity contribution in [1.82, 2.24) is 4.72 Å². The molecule has 0 radical (unpaired) electrons. The lowest BCUT2D eigenvalue weighted by Gasteiger charge is -2.08. The molecule has 6 nitrogen and oxygen atoms in total. The number of halogens is 2. The predicted octanol–water partition coefficient (Wildman–Crippen LogP) is 1.59. The third kappa shape index (κ3) is 5.57. The van der Waals surface area contributed by atoms with E-state index in [4.69, 9.17) is 9.84 Å². The van der Waals surface area contributed by atoms with E-state index in [0.29, 0.717) is 4.47 Å². The van der Waals surface area contributed by atoms with Gasteiger partial charge in [-0.1, -0.05) is 15.9 Å². The standard InChI is InChI=1S/C10H11Br2NO5S/c11-7-1-2-9(8(12)5-7)19(16,17)13-3-4-18-6-10(14)15/h1-2,5,13H,3-4,6H2,(H,14,15). The summed E-state index contributed by atoms with van der Waals surface area (Å²) in [5, 5.41) is 8.34. The van der Waals surface area contributed by atoms with Crippen LogP contribution in [0, 0.1) is 0 Å². The van der Waals surface area contributed by atoms with Crippen LogP contribution in [0.1, 0.15) is 0 Å². The average molecular weight is 417 g/mol. The van der Waals surface area contributed by atoms with Crippen molar-refractivity contribution >= 4 is 47.9 Å². The van der Waals surface area contributed by atoms with E-state index in [9.17, 15) is 13.2 Å². The molecule has 1 aromatic carbocycles. The number of ether oxygens (including phenoxy) is 1. The smallest absolute Gasteiger partial charge is 0.329 e. The zero-order chi connectivity index (χ0) is 14.5. The molecule has 0 aliphatic heterocycles. The normalized spacial score (nSPS) is 11.5. The van der Waals surface area contributed by atoms with Crippen LogP contribution >= 0.6 is 31.9 Å². The Labute approximate surface area is 127 Å². The van der Waals surface area contributed by atoms with Gasteiger partial charge in [0.1, 0.15) is 6.61 Å². The van der Waals surface area contributed by atoms with Crippen molar-refractivity contribution in [3.63, 3.8) is 0 Å². The lowest BCUT2D eigenvalue weighted by atomic mass is 10.4. The average Bonchev–Trinajstić information content (AvgIpc) is 2.27. The van der Waals surface area contributed by atoms with Gasteiger partial charge in [0, 0.05) is 15.5 Å². The van der Waals surface area contributed by atoms with Crippen molar-refractivity contribution in [3.05, 3.63) is 27.1 Å². The van der Waals surface area contributed by atoms with E-state index in [-0.39, 0.29) is 18.0 Å². The second-order valence-corrected chi connectivity index (χ2v) is 6.92. The summed E-state index contributed by atoms with van der Waals surface area (Å²) in [5.74, 6) is -1.10. The quantitative estimate of drug-likeness (QED) is 0.658. The fraction of sp³-hybridized carbons (Fsp3) is 0.300. The Balaban J connectivity index is 2.59. The van der Waals surface area contributed by atoms with Gasteiger partial charge in [-0.2, -0.15) is 0 Å². The lowest BCUT2D eigenvalue weighted by molar-refractivity contribution is -0.142. The van der Waals surface area contributed by atoms with Gasteiger partial charge in [-0.15, -0.1) is 0 Å². The largest absolute Gasteiger partial charge is 0.480 e. The summed E-state index contributed by atoms with van der Waals surface area (Å²) in [6.45, 7) is -0.471. The van der Waals surface area contributed by atoms with Crippen molar-refractivity contribution in [2.45, 2.75) is 4.90 Å². The molecule has 1 aromatic rings. The van der Waals surface area contributed by atoms with Crippen LogP contribution in [0.4, 0.5) is 0 Å². The molecule has 0 saturated carbocycles. The predicted molar refractivity (Wildman–Crippen MR) is 75.5 cm³/mol. The Kier molecular flexibility index (Phi) is 6.40. The van der Waals surface area contributed by atoms with Gasteiger partial charge in [0.15, 0.2) is 0 Å². The van der Waals surface area contributed by atoms with Gasteiger partial charge in [0.25, 0.3) is 0 Å². The highest BCUT2D eigenvalue weighted by molar-refractivity contribution is 9.11. The van der Waals surface area contributed by atoms with Crippen LogP contribution in [-0.4, -0.2) is 39.3 Å². The number of nitrogens with one attached hydrogen (secondary N) is 1. The van der Waals surface area contributed by atoms with Gasteiger partial charge in [-0.05, 0) is 34.1 Å². The van der Waals surface area contributed by atoms with Crippen molar-refractivity contribution in [2.75, 3.05) is 19.8 Å². The van der Waals surface area contributed by atoms with Crippen LogP contribution in [0.25, 0.3) is 0 Å². The first-order chi connectivity index (χ1) is 8.83. The fourth-order valence-electron chi connectivity index (χ4n) is 1.18. The number of aliphatic carboxylic acids is 1. The molecule has 0 aromatic heterocycles. The maximum Gasteiger partial charge on any atom is 0.329 e. The van der Waals surface area contributed by atoms with Crippen molar-refractivity contribution in [1.29, 1.82) is 0 Å². The van der Waals surface area contributed by atoms with Crippen LogP contribution in [-0.2, 0) is 19.6 Å². The summed E-state index contributed by atoms with van der Waals surface area (Å²) in [6.07, 6.45) is 0. The minimum Gasteiger partial charge on any atom is -0.480 e. The highest BCUT2D eigenvalue weighted by Gasteiger charge is 2.17. The monoisotopic (exact) mass is 415 g/mol. The van der Waals surface area contributed by atoms with E-state index >= 15 is 0 Å². The second-order valence-electron chi connectivity index (χ2n) is 3.42. The van der Waals surface area contributed by atoms with Crippen molar-refractivity contribution < 1.29 is 23.1 Å².